The normalized spacial score (nSPS) is 16.6. The molecule has 1 atom stereocenters. The summed E-state index contributed by atoms with van der Waals surface area (Å²) in [6, 6.07) is 7.66. The number of nitrogens with one attached hydrogen (secondary N) is 1. The van der Waals surface area contributed by atoms with E-state index < -0.39 is 10.0 Å². The molecule has 1 aliphatic heterocycles. The lowest BCUT2D eigenvalue weighted by Crippen LogP contribution is -2.19. The Morgan fingerprint density at radius 2 is 2.00 bits per heavy atom. The molecule has 1 fully saturated rings. The maximum absolute atomic E-state index is 12.7. The molecule has 10 heteroatoms. The van der Waals surface area contributed by atoms with Gasteiger partial charge in [-0.2, -0.15) is 10.1 Å². The molecule has 0 saturated carbocycles. The van der Waals surface area contributed by atoms with Gasteiger partial charge in [0, 0.05) is 31.3 Å². The van der Waals surface area contributed by atoms with Crippen LogP contribution in [0.3, 0.4) is 0 Å². The Kier molecular flexibility index (Phi) is 5.44. The van der Waals surface area contributed by atoms with Crippen LogP contribution >= 0.6 is 0 Å². The van der Waals surface area contributed by atoms with Gasteiger partial charge in [-0.3, -0.25) is 4.68 Å². The van der Waals surface area contributed by atoms with Gasteiger partial charge in [0.05, 0.1) is 25.1 Å². The fraction of sp³-hybridized carbons (Fsp3) is 0.350. The van der Waals surface area contributed by atoms with E-state index in [1.165, 1.54) is 17.1 Å². The maximum atomic E-state index is 12.7. The van der Waals surface area contributed by atoms with Gasteiger partial charge in [-0.1, -0.05) is 18.2 Å². The van der Waals surface area contributed by atoms with Crippen molar-refractivity contribution in [2.45, 2.75) is 31.3 Å². The van der Waals surface area contributed by atoms with Crippen LogP contribution in [-0.2, 0) is 21.8 Å². The standard InChI is InChI=1S/C20H23N5O4S/c1-13-5-4-6-14(2)19(13)17-9-18(29-15-7-8-28-12-15)23-20(22-17)24-30(26,27)16-10-21-25(3)11-16/h4-6,9-11,15H,7-8,12H2,1-3H3,(H,22,23,24). The van der Waals surface area contributed by atoms with E-state index in [4.69, 9.17) is 9.47 Å². The Morgan fingerprint density at radius 1 is 1.23 bits per heavy atom. The van der Waals surface area contributed by atoms with E-state index in [1.54, 1.807) is 13.1 Å². The van der Waals surface area contributed by atoms with Gasteiger partial charge in [0.2, 0.25) is 11.8 Å². The molecule has 1 saturated heterocycles. The van der Waals surface area contributed by atoms with Crippen molar-refractivity contribution >= 4 is 16.0 Å². The predicted octanol–water partition coefficient (Wildman–Crippen LogP) is 2.46. The Hall–Kier alpha value is -2.98. The molecule has 0 amide bonds. The summed E-state index contributed by atoms with van der Waals surface area (Å²) < 4.78 is 40.7. The Balaban J connectivity index is 1.75. The van der Waals surface area contributed by atoms with E-state index in [-0.39, 0.29) is 16.9 Å². The molecule has 30 heavy (non-hydrogen) atoms. The number of rotatable bonds is 6. The molecule has 4 rings (SSSR count). The molecular formula is C20H23N5O4S. The number of nitrogens with zero attached hydrogens (tertiary/aromatic N) is 4. The van der Waals surface area contributed by atoms with E-state index >= 15 is 0 Å². The van der Waals surface area contributed by atoms with E-state index in [9.17, 15) is 8.42 Å². The number of hydrogen-bond donors (Lipinski definition) is 1. The zero-order valence-corrected chi connectivity index (χ0v) is 17.8. The summed E-state index contributed by atoms with van der Waals surface area (Å²) in [5.74, 6) is 0.231. The van der Waals surface area contributed by atoms with E-state index in [1.807, 2.05) is 32.0 Å². The van der Waals surface area contributed by atoms with E-state index in [2.05, 4.69) is 19.8 Å². The molecule has 1 unspecified atom stereocenters. The lowest BCUT2D eigenvalue weighted by atomic mass is 10.00. The highest BCUT2D eigenvalue weighted by atomic mass is 32.2. The summed E-state index contributed by atoms with van der Waals surface area (Å²) in [6.45, 7) is 5.06. The minimum absolute atomic E-state index is 0.0257. The van der Waals surface area contributed by atoms with Crippen LogP contribution in [-0.4, -0.2) is 47.5 Å². The fourth-order valence-corrected chi connectivity index (χ4v) is 4.30. The molecule has 0 aliphatic carbocycles. The van der Waals surface area contributed by atoms with E-state index in [0.29, 0.717) is 24.8 Å². The highest BCUT2D eigenvalue weighted by Crippen LogP contribution is 2.30. The summed E-state index contributed by atoms with van der Waals surface area (Å²) in [6.07, 6.45) is 3.29. The van der Waals surface area contributed by atoms with Crippen LogP contribution in [0.2, 0.25) is 0 Å². The van der Waals surface area contributed by atoms with Gasteiger partial charge in [-0.05, 0) is 25.0 Å². The summed E-state index contributed by atoms with van der Waals surface area (Å²) in [4.78, 5) is 8.80. The number of benzene rings is 1. The van der Waals surface area contributed by atoms with Crippen molar-refractivity contribution in [1.82, 2.24) is 19.7 Å². The number of ether oxygens (including phenoxy) is 2. The Labute approximate surface area is 175 Å². The first-order chi connectivity index (χ1) is 14.3. The van der Waals surface area contributed by atoms with Gasteiger partial charge >= 0.3 is 0 Å². The monoisotopic (exact) mass is 429 g/mol. The minimum atomic E-state index is -3.89. The number of sulfonamides is 1. The highest BCUT2D eigenvalue weighted by molar-refractivity contribution is 7.92. The van der Waals surface area contributed by atoms with Gasteiger partial charge < -0.3 is 9.47 Å². The predicted molar refractivity (Wildman–Crippen MR) is 111 cm³/mol. The van der Waals surface area contributed by atoms with Crippen molar-refractivity contribution in [3.05, 3.63) is 47.8 Å². The van der Waals surface area contributed by atoms with Crippen LogP contribution in [0.25, 0.3) is 11.3 Å². The molecule has 158 valence electrons. The largest absolute Gasteiger partial charge is 0.472 e. The molecule has 0 bridgehead atoms. The summed E-state index contributed by atoms with van der Waals surface area (Å²) >= 11 is 0. The maximum Gasteiger partial charge on any atom is 0.267 e. The van der Waals surface area contributed by atoms with Crippen molar-refractivity contribution in [3.63, 3.8) is 0 Å². The SMILES string of the molecule is Cc1cccc(C)c1-c1cc(OC2CCOC2)nc(NS(=O)(=O)c2cnn(C)c2)n1. The van der Waals surface area contributed by atoms with E-state index in [0.717, 1.165) is 23.1 Å². The quantitative estimate of drug-likeness (QED) is 0.641. The van der Waals surface area contributed by atoms with Gasteiger partial charge in [-0.15, -0.1) is 0 Å². The highest BCUT2D eigenvalue weighted by Gasteiger charge is 2.22. The van der Waals surface area contributed by atoms with Crippen molar-refractivity contribution in [1.29, 1.82) is 0 Å². The molecule has 3 heterocycles. The topological polar surface area (TPSA) is 108 Å². The van der Waals surface area contributed by atoms with Crippen molar-refractivity contribution in [2.75, 3.05) is 17.9 Å². The molecule has 9 nitrogen and oxygen atoms in total. The third-order valence-electron chi connectivity index (χ3n) is 4.83. The zero-order chi connectivity index (χ0) is 21.3. The Morgan fingerprint density at radius 3 is 2.63 bits per heavy atom. The molecular weight excluding hydrogens is 406 g/mol. The van der Waals surface area contributed by atoms with Crippen LogP contribution in [0.4, 0.5) is 5.95 Å². The van der Waals surface area contributed by atoms with Crippen LogP contribution < -0.4 is 9.46 Å². The molecule has 0 radical (unpaired) electrons. The fourth-order valence-electron chi connectivity index (χ4n) is 3.37. The summed E-state index contributed by atoms with van der Waals surface area (Å²) in [5, 5.41) is 3.92. The second kappa shape index (κ2) is 8.04. The summed E-state index contributed by atoms with van der Waals surface area (Å²) in [7, 11) is -2.25. The van der Waals surface area contributed by atoms with Crippen LogP contribution in [0.5, 0.6) is 5.88 Å². The first kappa shape index (κ1) is 20.3. The summed E-state index contributed by atoms with van der Waals surface area (Å²) in [5.41, 5.74) is 3.53. The molecule has 1 aromatic carbocycles. The van der Waals surface area contributed by atoms with Gasteiger partial charge in [-0.25, -0.2) is 18.1 Å². The van der Waals surface area contributed by atoms with Crippen molar-refractivity contribution in [3.8, 4) is 17.1 Å². The average molecular weight is 430 g/mol. The molecule has 0 spiro atoms. The molecule has 1 N–H and O–H groups in total. The number of hydrogen-bond acceptors (Lipinski definition) is 7. The lowest BCUT2D eigenvalue weighted by molar-refractivity contribution is 0.138. The van der Waals surface area contributed by atoms with Crippen LogP contribution in [0.1, 0.15) is 17.5 Å². The second-order valence-electron chi connectivity index (χ2n) is 7.24. The van der Waals surface area contributed by atoms with Crippen molar-refractivity contribution < 1.29 is 17.9 Å². The first-order valence-corrected chi connectivity index (χ1v) is 11.0. The minimum Gasteiger partial charge on any atom is -0.472 e. The van der Waals surface area contributed by atoms with Crippen LogP contribution in [0, 0.1) is 13.8 Å². The van der Waals surface area contributed by atoms with Crippen molar-refractivity contribution in [2.24, 2.45) is 7.05 Å². The molecule has 2 aromatic heterocycles. The first-order valence-electron chi connectivity index (χ1n) is 9.53. The Bertz CT molecular complexity index is 1150. The number of anilines is 1. The van der Waals surface area contributed by atoms with Crippen LogP contribution in [0.15, 0.2) is 41.6 Å². The molecule has 3 aromatic rings. The smallest absolute Gasteiger partial charge is 0.267 e. The second-order valence-corrected chi connectivity index (χ2v) is 8.92. The lowest BCUT2D eigenvalue weighted by Gasteiger charge is -2.15. The number of aryl methyl sites for hydroxylation is 3. The third-order valence-corrected chi connectivity index (χ3v) is 6.12. The van der Waals surface area contributed by atoms with Gasteiger partial charge in [0.15, 0.2) is 0 Å². The van der Waals surface area contributed by atoms with Gasteiger partial charge in [0.25, 0.3) is 10.0 Å². The van der Waals surface area contributed by atoms with Gasteiger partial charge in [0.1, 0.15) is 11.0 Å². The zero-order valence-electron chi connectivity index (χ0n) is 17.0. The third kappa shape index (κ3) is 4.29. The number of aromatic nitrogens is 4. The molecule has 1 aliphatic rings. The average Bonchev–Trinajstić information content (AvgIpc) is 3.33.